The monoisotopic (exact) mass is 380 g/mol. The molecule has 0 radical (unpaired) electrons. The fourth-order valence-corrected chi connectivity index (χ4v) is 1.93. The van der Waals surface area contributed by atoms with Gasteiger partial charge in [0.2, 0.25) is 0 Å². The van der Waals surface area contributed by atoms with Crippen molar-refractivity contribution >= 4 is 8.25 Å². The van der Waals surface area contributed by atoms with Crippen LogP contribution < -0.4 is 0 Å². The van der Waals surface area contributed by atoms with Crippen molar-refractivity contribution in [1.82, 2.24) is 10.3 Å². The molecule has 0 aliphatic heterocycles. The van der Waals surface area contributed by atoms with Gasteiger partial charge >= 0.3 is 20.6 Å². The molecule has 0 N–H and O–H groups in total. The number of alkyl halides is 6. The molecule has 0 saturated heterocycles. The smallest absolute Gasteiger partial charge is 0.358 e. The molecule has 7 nitrogen and oxygen atoms in total. The number of hydrogen-bond donors (Lipinski definition) is 0. The first-order valence-corrected chi connectivity index (χ1v) is 7.13. The van der Waals surface area contributed by atoms with E-state index >= 15 is 0 Å². The zero-order valence-corrected chi connectivity index (χ0v) is 12.3. The first-order valence-electron chi connectivity index (χ1n) is 5.91. The molecule has 0 bridgehead atoms. The lowest BCUT2D eigenvalue weighted by Gasteiger charge is -2.01. The van der Waals surface area contributed by atoms with Gasteiger partial charge in [0.1, 0.15) is 13.2 Å². The number of rotatable bonds is 6. The normalized spacial score (nSPS) is 13.0. The second-order valence-electron chi connectivity index (χ2n) is 4.18. The van der Waals surface area contributed by atoms with Gasteiger partial charge in [-0.2, -0.15) is 26.3 Å². The minimum atomic E-state index is -4.70. The van der Waals surface area contributed by atoms with E-state index in [-0.39, 0.29) is 11.5 Å². The minimum absolute atomic E-state index is 0.358. The van der Waals surface area contributed by atoms with Crippen molar-refractivity contribution < 1.29 is 49.0 Å². The first-order chi connectivity index (χ1) is 11.1. The molecule has 0 saturated carbocycles. The summed E-state index contributed by atoms with van der Waals surface area (Å²) in [5, 5.41) is 5.49. The largest absolute Gasteiger partial charge is 0.436 e. The Hall–Kier alpha value is -1.85. The Morgan fingerprint density at radius 3 is 1.54 bits per heavy atom. The molecule has 0 spiro atoms. The summed E-state index contributed by atoms with van der Waals surface area (Å²) in [6, 6.07) is 1.09. The molecule has 2 heterocycles. The van der Waals surface area contributed by atoms with E-state index in [1.54, 1.807) is 0 Å². The topological polar surface area (TPSA) is 87.6 Å². The van der Waals surface area contributed by atoms with Crippen molar-refractivity contribution in [3.05, 3.63) is 35.0 Å². The van der Waals surface area contributed by atoms with Crippen LogP contribution in [0.15, 0.2) is 21.2 Å². The molecule has 134 valence electrons. The van der Waals surface area contributed by atoms with Crippen molar-refractivity contribution in [3.8, 4) is 0 Å². The highest BCUT2D eigenvalue weighted by Gasteiger charge is 2.35. The molecule has 2 rings (SSSR count). The summed E-state index contributed by atoms with van der Waals surface area (Å²) >= 11 is 0. The minimum Gasteiger partial charge on any atom is -0.358 e. The summed E-state index contributed by atoms with van der Waals surface area (Å²) in [6.45, 7) is -1.27. The van der Waals surface area contributed by atoms with Crippen LogP contribution in [0.1, 0.15) is 22.9 Å². The van der Waals surface area contributed by atoms with Crippen molar-refractivity contribution in [3.63, 3.8) is 0 Å². The molecular formula is C10H7F6N2O5P. The van der Waals surface area contributed by atoms with E-state index in [1.165, 1.54) is 0 Å². The summed E-state index contributed by atoms with van der Waals surface area (Å²) in [5.41, 5.74) is -2.58. The Bertz CT molecular complexity index is 651. The lowest BCUT2D eigenvalue weighted by Crippen LogP contribution is -2.04. The molecule has 24 heavy (non-hydrogen) atoms. The van der Waals surface area contributed by atoms with E-state index in [0.717, 1.165) is 0 Å². The fraction of sp³-hybridized carbons (Fsp3) is 0.400. The van der Waals surface area contributed by atoms with Crippen LogP contribution in [0.3, 0.4) is 0 Å². The number of hydrogen-bond acceptors (Lipinski definition) is 7. The Labute approximate surface area is 129 Å². The third kappa shape index (κ3) is 5.08. The molecule has 0 aromatic carbocycles. The highest BCUT2D eigenvalue weighted by molar-refractivity contribution is 7.33. The number of halogens is 6. The summed E-state index contributed by atoms with van der Waals surface area (Å²) in [4.78, 5) is 0. The molecule has 0 amide bonds. The third-order valence-corrected chi connectivity index (χ3v) is 3.12. The highest BCUT2D eigenvalue weighted by Crippen LogP contribution is 2.32. The molecular weight excluding hydrogens is 373 g/mol. The zero-order chi connectivity index (χ0) is 18.0. The zero-order valence-electron chi connectivity index (χ0n) is 11.3. The lowest BCUT2D eigenvalue weighted by molar-refractivity contribution is -0.143. The van der Waals surface area contributed by atoms with Gasteiger partial charge in [-0.25, -0.2) is 0 Å². The fourth-order valence-electron chi connectivity index (χ4n) is 1.33. The van der Waals surface area contributed by atoms with Gasteiger partial charge in [-0.3, -0.25) is 4.57 Å². The van der Waals surface area contributed by atoms with E-state index in [1.807, 2.05) is 0 Å². The maximum absolute atomic E-state index is 12.3. The van der Waals surface area contributed by atoms with Crippen LogP contribution in [0.4, 0.5) is 26.3 Å². The molecule has 0 atom stereocenters. The third-order valence-electron chi connectivity index (χ3n) is 2.36. The van der Waals surface area contributed by atoms with Gasteiger partial charge in [0.15, 0.2) is 22.9 Å². The maximum atomic E-state index is 12.3. The lowest BCUT2D eigenvalue weighted by atomic mass is 10.4. The molecule has 0 fully saturated rings. The van der Waals surface area contributed by atoms with Gasteiger partial charge in [0.05, 0.1) is 0 Å². The number of aromatic nitrogens is 2. The highest BCUT2D eigenvalue weighted by atomic mass is 31.1. The average molecular weight is 380 g/mol. The molecule has 0 unspecified atom stereocenters. The Morgan fingerprint density at radius 1 is 0.875 bits per heavy atom. The van der Waals surface area contributed by atoms with Crippen molar-refractivity contribution in [1.29, 1.82) is 0 Å². The predicted molar refractivity (Wildman–Crippen MR) is 61.6 cm³/mol. The van der Waals surface area contributed by atoms with Crippen molar-refractivity contribution in [2.75, 3.05) is 0 Å². The summed E-state index contributed by atoms with van der Waals surface area (Å²) < 4.78 is 103. The van der Waals surface area contributed by atoms with Gasteiger partial charge in [-0.1, -0.05) is 10.3 Å². The van der Waals surface area contributed by atoms with Crippen molar-refractivity contribution in [2.24, 2.45) is 0 Å². The summed E-state index contributed by atoms with van der Waals surface area (Å²) in [5.74, 6) is -0.716. The maximum Gasteiger partial charge on any atom is 0.436 e. The van der Waals surface area contributed by atoms with E-state index in [9.17, 15) is 30.9 Å². The standard InChI is InChI=1S/C10H7F6N2O5P/c11-9(12,13)7-1-5(22-17-7)3-20-24(19)21-4-6-2-8(18-23-6)10(14,15)16/h1-2,24H,3-4H2. The van der Waals surface area contributed by atoms with Crippen LogP contribution in [-0.2, 0) is 39.2 Å². The quantitative estimate of drug-likeness (QED) is 0.556. The van der Waals surface area contributed by atoms with E-state index in [2.05, 4.69) is 28.4 Å². The van der Waals surface area contributed by atoms with Crippen LogP contribution in [0.2, 0.25) is 0 Å². The van der Waals surface area contributed by atoms with E-state index < -0.39 is 45.2 Å². The van der Waals surface area contributed by atoms with Crippen LogP contribution in [0, 0.1) is 0 Å². The van der Waals surface area contributed by atoms with E-state index in [0.29, 0.717) is 12.1 Å². The van der Waals surface area contributed by atoms with E-state index in [4.69, 9.17) is 0 Å². The second kappa shape index (κ2) is 6.95. The second-order valence-corrected chi connectivity index (χ2v) is 5.26. The number of nitrogens with zero attached hydrogens (tertiary/aromatic N) is 2. The van der Waals surface area contributed by atoms with Gasteiger partial charge < -0.3 is 18.1 Å². The summed E-state index contributed by atoms with van der Waals surface area (Å²) in [7, 11) is -3.22. The van der Waals surface area contributed by atoms with Gasteiger partial charge in [0.25, 0.3) is 0 Å². The molecule has 2 aromatic rings. The first kappa shape index (κ1) is 18.5. The predicted octanol–water partition coefficient (Wildman–Crippen LogP) is 3.82. The SMILES string of the molecule is O=[PH](OCc1cc(C(F)(F)F)no1)OCc1cc(C(F)(F)F)no1. The molecule has 0 aliphatic rings. The Morgan fingerprint density at radius 2 is 1.25 bits per heavy atom. The van der Waals surface area contributed by atoms with Crippen LogP contribution in [0.25, 0.3) is 0 Å². The average Bonchev–Trinajstić information content (AvgIpc) is 3.10. The molecule has 0 aliphatic carbocycles. The summed E-state index contributed by atoms with van der Waals surface area (Å²) in [6.07, 6.45) is -9.40. The van der Waals surface area contributed by atoms with Crippen molar-refractivity contribution in [2.45, 2.75) is 25.6 Å². The molecule has 2 aromatic heterocycles. The van der Waals surface area contributed by atoms with Crippen LogP contribution >= 0.6 is 8.25 Å². The van der Waals surface area contributed by atoms with Gasteiger partial charge in [0, 0.05) is 12.1 Å². The van der Waals surface area contributed by atoms with Gasteiger partial charge in [-0.05, 0) is 0 Å². The van der Waals surface area contributed by atoms with Crippen LogP contribution in [-0.4, -0.2) is 10.3 Å². The van der Waals surface area contributed by atoms with Crippen LogP contribution in [0.5, 0.6) is 0 Å². The Balaban J connectivity index is 1.79. The van der Waals surface area contributed by atoms with Gasteiger partial charge in [-0.15, -0.1) is 0 Å². The Kier molecular flexibility index (Phi) is 5.35. The molecule has 14 heteroatoms.